The van der Waals surface area contributed by atoms with Crippen molar-refractivity contribution in [1.82, 2.24) is 9.88 Å². The highest BCUT2D eigenvalue weighted by atomic mass is 16.6. The summed E-state index contributed by atoms with van der Waals surface area (Å²) in [5.74, 6) is -1.20. The summed E-state index contributed by atoms with van der Waals surface area (Å²) in [6.07, 6.45) is 0. The van der Waals surface area contributed by atoms with E-state index in [2.05, 4.69) is 10.3 Å². The number of benzene rings is 1. The standard InChI is InChI=1S/C20H25N3O5/c1-12-16(20(26)28-11-10-27-5)13(2)21-17(12)18(24)22-15-9-7-6-8-14(15)19(25)23(3)4/h6-9,21H,10-11H2,1-5H3,(H,22,24). The van der Waals surface area contributed by atoms with Gasteiger partial charge in [-0.25, -0.2) is 4.79 Å². The number of amides is 2. The Kier molecular flexibility index (Phi) is 6.94. The van der Waals surface area contributed by atoms with E-state index in [0.717, 1.165) is 0 Å². The third-order valence-electron chi connectivity index (χ3n) is 4.20. The first-order valence-electron chi connectivity index (χ1n) is 8.75. The Bertz CT molecular complexity index is 886. The highest BCUT2D eigenvalue weighted by Gasteiger charge is 2.24. The maximum Gasteiger partial charge on any atom is 0.340 e. The van der Waals surface area contributed by atoms with Crippen molar-refractivity contribution in [2.24, 2.45) is 0 Å². The van der Waals surface area contributed by atoms with Gasteiger partial charge in [-0.2, -0.15) is 0 Å². The first kappa shape index (κ1) is 21.2. The molecule has 0 aliphatic carbocycles. The summed E-state index contributed by atoms with van der Waals surface area (Å²) in [5.41, 5.74) is 2.34. The molecule has 1 aromatic heterocycles. The fourth-order valence-electron chi connectivity index (χ4n) is 2.78. The molecule has 0 fully saturated rings. The summed E-state index contributed by atoms with van der Waals surface area (Å²) in [5, 5.41) is 2.75. The molecule has 2 aromatic rings. The second-order valence-electron chi connectivity index (χ2n) is 6.45. The van der Waals surface area contributed by atoms with Gasteiger partial charge in [0.2, 0.25) is 0 Å². The molecule has 0 atom stereocenters. The van der Waals surface area contributed by atoms with E-state index in [4.69, 9.17) is 9.47 Å². The Labute approximate surface area is 163 Å². The van der Waals surface area contributed by atoms with E-state index in [0.29, 0.717) is 28.1 Å². The van der Waals surface area contributed by atoms with E-state index in [1.54, 1.807) is 52.2 Å². The third kappa shape index (κ3) is 4.58. The molecule has 0 aliphatic rings. The summed E-state index contributed by atoms with van der Waals surface area (Å²) in [6, 6.07) is 6.75. The normalized spacial score (nSPS) is 10.5. The summed E-state index contributed by atoms with van der Waals surface area (Å²) in [4.78, 5) is 41.8. The average molecular weight is 387 g/mol. The number of carbonyl (C=O) groups excluding carboxylic acids is 3. The Morgan fingerprint density at radius 2 is 1.79 bits per heavy atom. The molecule has 0 bridgehead atoms. The van der Waals surface area contributed by atoms with Crippen LogP contribution in [-0.4, -0.2) is 62.1 Å². The molecule has 8 heteroatoms. The van der Waals surface area contributed by atoms with Crippen molar-refractivity contribution >= 4 is 23.5 Å². The van der Waals surface area contributed by atoms with Gasteiger partial charge in [-0.15, -0.1) is 0 Å². The van der Waals surface area contributed by atoms with Gasteiger partial charge in [0.05, 0.1) is 23.4 Å². The van der Waals surface area contributed by atoms with Gasteiger partial charge in [-0.1, -0.05) is 12.1 Å². The van der Waals surface area contributed by atoms with Gasteiger partial charge in [0, 0.05) is 26.9 Å². The number of para-hydroxylation sites is 1. The minimum atomic E-state index is -0.523. The molecule has 0 radical (unpaired) electrons. The lowest BCUT2D eigenvalue weighted by atomic mass is 10.1. The molecular formula is C20H25N3O5. The molecule has 0 saturated carbocycles. The van der Waals surface area contributed by atoms with E-state index in [-0.39, 0.29) is 24.8 Å². The van der Waals surface area contributed by atoms with Crippen molar-refractivity contribution in [1.29, 1.82) is 0 Å². The number of methoxy groups -OCH3 is 1. The molecule has 150 valence electrons. The Hall–Kier alpha value is -3.13. The monoisotopic (exact) mass is 387 g/mol. The fourth-order valence-corrected chi connectivity index (χ4v) is 2.78. The lowest BCUT2D eigenvalue weighted by Gasteiger charge is -2.14. The number of aromatic amines is 1. The first-order valence-corrected chi connectivity index (χ1v) is 8.75. The fraction of sp³-hybridized carbons (Fsp3) is 0.350. The van der Waals surface area contributed by atoms with Gasteiger partial charge in [-0.3, -0.25) is 9.59 Å². The number of esters is 1. The molecule has 1 heterocycles. The number of rotatable bonds is 7. The number of nitrogens with zero attached hydrogens (tertiary/aromatic N) is 1. The second-order valence-corrected chi connectivity index (χ2v) is 6.45. The number of aromatic nitrogens is 1. The van der Waals surface area contributed by atoms with Crippen molar-refractivity contribution in [3.8, 4) is 0 Å². The summed E-state index contributed by atoms with van der Waals surface area (Å²) < 4.78 is 10.0. The summed E-state index contributed by atoms with van der Waals surface area (Å²) in [6.45, 7) is 3.78. The van der Waals surface area contributed by atoms with Crippen LogP contribution >= 0.6 is 0 Å². The molecule has 0 saturated heterocycles. The molecule has 0 aliphatic heterocycles. The molecule has 8 nitrogen and oxygen atoms in total. The van der Waals surface area contributed by atoms with Gasteiger partial charge in [0.15, 0.2) is 0 Å². The number of ether oxygens (including phenoxy) is 2. The topological polar surface area (TPSA) is 101 Å². The number of aryl methyl sites for hydroxylation is 1. The number of hydrogen-bond donors (Lipinski definition) is 2. The Morgan fingerprint density at radius 3 is 2.43 bits per heavy atom. The van der Waals surface area contributed by atoms with Gasteiger partial charge < -0.3 is 24.7 Å². The molecule has 2 amide bonds. The quantitative estimate of drug-likeness (QED) is 0.561. The molecule has 0 unspecified atom stereocenters. The zero-order valence-electron chi connectivity index (χ0n) is 16.7. The van der Waals surface area contributed by atoms with Crippen molar-refractivity contribution < 1.29 is 23.9 Å². The number of hydrogen-bond acceptors (Lipinski definition) is 5. The van der Waals surface area contributed by atoms with E-state index >= 15 is 0 Å². The predicted molar refractivity (Wildman–Crippen MR) is 105 cm³/mol. The zero-order chi connectivity index (χ0) is 20.8. The van der Waals surface area contributed by atoms with Crippen LogP contribution in [-0.2, 0) is 9.47 Å². The van der Waals surface area contributed by atoms with Crippen LogP contribution in [0.4, 0.5) is 5.69 Å². The van der Waals surface area contributed by atoms with Crippen molar-refractivity contribution in [3.63, 3.8) is 0 Å². The van der Waals surface area contributed by atoms with Crippen LogP contribution in [0.15, 0.2) is 24.3 Å². The van der Waals surface area contributed by atoms with Gasteiger partial charge in [0.1, 0.15) is 12.3 Å². The Balaban J connectivity index is 2.26. The zero-order valence-corrected chi connectivity index (χ0v) is 16.7. The maximum absolute atomic E-state index is 12.8. The second kappa shape index (κ2) is 9.18. The minimum Gasteiger partial charge on any atom is -0.460 e. The van der Waals surface area contributed by atoms with Crippen LogP contribution in [0.25, 0.3) is 0 Å². The van der Waals surface area contributed by atoms with Crippen LogP contribution in [0, 0.1) is 13.8 Å². The van der Waals surface area contributed by atoms with Crippen LogP contribution < -0.4 is 5.32 Å². The predicted octanol–water partition coefficient (Wildman–Crippen LogP) is 2.39. The van der Waals surface area contributed by atoms with Gasteiger partial charge in [-0.05, 0) is 31.5 Å². The lowest BCUT2D eigenvalue weighted by molar-refractivity contribution is 0.0386. The largest absolute Gasteiger partial charge is 0.460 e. The smallest absolute Gasteiger partial charge is 0.340 e. The van der Waals surface area contributed by atoms with Crippen LogP contribution in [0.5, 0.6) is 0 Å². The third-order valence-corrected chi connectivity index (χ3v) is 4.20. The number of anilines is 1. The molecule has 2 rings (SSSR count). The van der Waals surface area contributed by atoms with E-state index < -0.39 is 11.9 Å². The number of H-pyrrole nitrogens is 1. The molecule has 0 spiro atoms. The molecule has 1 aromatic carbocycles. The van der Waals surface area contributed by atoms with Crippen LogP contribution in [0.1, 0.15) is 42.5 Å². The first-order chi connectivity index (χ1) is 13.3. The molecule has 2 N–H and O–H groups in total. The van der Waals surface area contributed by atoms with Crippen molar-refractivity contribution in [2.75, 3.05) is 39.7 Å². The average Bonchev–Trinajstić information content (AvgIpc) is 2.96. The van der Waals surface area contributed by atoms with Crippen LogP contribution in [0.2, 0.25) is 0 Å². The summed E-state index contributed by atoms with van der Waals surface area (Å²) in [7, 11) is 4.80. The van der Waals surface area contributed by atoms with Crippen molar-refractivity contribution in [3.05, 3.63) is 52.3 Å². The van der Waals surface area contributed by atoms with E-state index in [1.807, 2.05) is 0 Å². The molecular weight excluding hydrogens is 362 g/mol. The Morgan fingerprint density at radius 1 is 1.11 bits per heavy atom. The van der Waals surface area contributed by atoms with Gasteiger partial charge in [0.25, 0.3) is 11.8 Å². The number of carbonyl (C=O) groups is 3. The SMILES string of the molecule is COCCOC(=O)c1c(C)[nH]c(C(=O)Nc2ccccc2C(=O)N(C)C)c1C. The molecule has 28 heavy (non-hydrogen) atoms. The number of nitrogens with one attached hydrogen (secondary N) is 2. The van der Waals surface area contributed by atoms with Gasteiger partial charge >= 0.3 is 5.97 Å². The highest BCUT2D eigenvalue weighted by Crippen LogP contribution is 2.22. The lowest BCUT2D eigenvalue weighted by Crippen LogP contribution is -2.24. The summed E-state index contributed by atoms with van der Waals surface area (Å²) >= 11 is 0. The minimum absolute atomic E-state index is 0.126. The van der Waals surface area contributed by atoms with E-state index in [9.17, 15) is 14.4 Å². The van der Waals surface area contributed by atoms with Crippen molar-refractivity contribution in [2.45, 2.75) is 13.8 Å². The highest BCUT2D eigenvalue weighted by molar-refractivity contribution is 6.10. The van der Waals surface area contributed by atoms with Crippen LogP contribution in [0.3, 0.4) is 0 Å². The van der Waals surface area contributed by atoms with E-state index in [1.165, 1.54) is 12.0 Å². The maximum atomic E-state index is 12.8.